The molecule has 1 aromatic carbocycles. The van der Waals surface area contributed by atoms with E-state index in [0.717, 1.165) is 11.3 Å². The molecule has 0 fully saturated rings. The van der Waals surface area contributed by atoms with Crippen LogP contribution in [-0.2, 0) is 4.74 Å². The zero-order chi connectivity index (χ0) is 11.6. The second-order valence-corrected chi connectivity index (χ2v) is 3.00. The van der Waals surface area contributed by atoms with Crippen molar-refractivity contribution in [3.63, 3.8) is 0 Å². The van der Waals surface area contributed by atoms with E-state index in [1.807, 2.05) is 31.2 Å². The highest BCUT2D eigenvalue weighted by Gasteiger charge is 1.99. The topological polar surface area (TPSA) is 38.7 Å². The molecule has 0 saturated carbocycles. The lowest BCUT2D eigenvalue weighted by molar-refractivity contribution is 0.110. The van der Waals surface area contributed by atoms with E-state index in [4.69, 9.17) is 14.6 Å². The first-order chi connectivity index (χ1) is 7.88. The minimum Gasteiger partial charge on any atom is -0.490 e. The van der Waals surface area contributed by atoms with Crippen molar-refractivity contribution in [1.82, 2.24) is 0 Å². The molecule has 0 saturated heterocycles. The third-order valence-electron chi connectivity index (χ3n) is 1.88. The van der Waals surface area contributed by atoms with Crippen LogP contribution < -0.4 is 4.74 Å². The van der Waals surface area contributed by atoms with Gasteiger partial charge in [0.25, 0.3) is 0 Å². The summed E-state index contributed by atoms with van der Waals surface area (Å²) in [6.45, 7) is 3.56. The number of rotatable bonds is 5. The van der Waals surface area contributed by atoms with Crippen molar-refractivity contribution in [1.29, 1.82) is 0 Å². The molecule has 0 heterocycles. The van der Waals surface area contributed by atoms with E-state index in [2.05, 4.69) is 11.8 Å². The molecule has 0 unspecified atom stereocenters. The minimum atomic E-state index is -0.146. The average Bonchev–Trinajstić information content (AvgIpc) is 2.33. The van der Waals surface area contributed by atoms with Crippen molar-refractivity contribution in [3.05, 3.63) is 29.8 Å². The van der Waals surface area contributed by atoms with Gasteiger partial charge in [0, 0.05) is 6.61 Å². The summed E-state index contributed by atoms with van der Waals surface area (Å²) in [6.07, 6.45) is 0. The number of aliphatic hydroxyl groups is 1. The molecule has 0 aliphatic heterocycles. The van der Waals surface area contributed by atoms with Crippen LogP contribution >= 0.6 is 0 Å². The lowest BCUT2D eigenvalue weighted by Gasteiger charge is -2.07. The maximum Gasteiger partial charge on any atom is 0.135 e. The minimum absolute atomic E-state index is 0.146. The molecule has 0 bridgehead atoms. The van der Waals surface area contributed by atoms with Crippen LogP contribution in [0.15, 0.2) is 24.3 Å². The second kappa shape index (κ2) is 7.75. The van der Waals surface area contributed by atoms with Crippen LogP contribution in [0.5, 0.6) is 5.75 Å². The van der Waals surface area contributed by atoms with Crippen LogP contribution in [0, 0.1) is 11.8 Å². The van der Waals surface area contributed by atoms with E-state index in [-0.39, 0.29) is 6.61 Å². The lowest BCUT2D eigenvalue weighted by atomic mass is 10.2. The van der Waals surface area contributed by atoms with Crippen molar-refractivity contribution in [2.75, 3.05) is 26.4 Å². The normalized spacial score (nSPS) is 9.38. The van der Waals surface area contributed by atoms with Crippen molar-refractivity contribution < 1.29 is 14.6 Å². The fraction of sp³-hybridized carbons (Fsp3) is 0.385. The van der Waals surface area contributed by atoms with Gasteiger partial charge in [0.2, 0.25) is 0 Å². The van der Waals surface area contributed by atoms with Crippen LogP contribution in [0.2, 0.25) is 0 Å². The Balaban J connectivity index is 2.57. The van der Waals surface area contributed by atoms with E-state index < -0.39 is 0 Å². The number of benzene rings is 1. The molecule has 1 aromatic rings. The molecule has 0 aromatic heterocycles. The zero-order valence-corrected chi connectivity index (χ0v) is 9.40. The van der Waals surface area contributed by atoms with Crippen LogP contribution in [0.4, 0.5) is 0 Å². The van der Waals surface area contributed by atoms with E-state index in [0.29, 0.717) is 19.8 Å². The largest absolute Gasteiger partial charge is 0.490 e. The molecule has 1 rings (SSSR count). The van der Waals surface area contributed by atoms with Crippen molar-refractivity contribution in [2.45, 2.75) is 6.92 Å². The van der Waals surface area contributed by atoms with Gasteiger partial charge in [0.05, 0.1) is 12.2 Å². The predicted molar refractivity (Wildman–Crippen MR) is 62.4 cm³/mol. The first-order valence-corrected chi connectivity index (χ1v) is 5.27. The van der Waals surface area contributed by atoms with Crippen LogP contribution in [0.25, 0.3) is 0 Å². The van der Waals surface area contributed by atoms with Gasteiger partial charge in [-0.2, -0.15) is 0 Å². The molecule has 0 atom stereocenters. The Kier molecular flexibility index (Phi) is 6.09. The Morgan fingerprint density at radius 2 is 2.06 bits per heavy atom. The second-order valence-electron chi connectivity index (χ2n) is 3.00. The van der Waals surface area contributed by atoms with Gasteiger partial charge in [-0.15, -0.1) is 0 Å². The Labute approximate surface area is 96.0 Å². The highest BCUT2D eigenvalue weighted by atomic mass is 16.5. The van der Waals surface area contributed by atoms with Gasteiger partial charge < -0.3 is 14.6 Å². The molecular weight excluding hydrogens is 204 g/mol. The third-order valence-corrected chi connectivity index (χ3v) is 1.88. The fourth-order valence-corrected chi connectivity index (χ4v) is 1.19. The molecular formula is C13H16O3. The zero-order valence-electron chi connectivity index (χ0n) is 9.40. The molecule has 3 nitrogen and oxygen atoms in total. The molecule has 0 aliphatic carbocycles. The molecule has 0 spiro atoms. The summed E-state index contributed by atoms with van der Waals surface area (Å²) < 4.78 is 10.7. The van der Waals surface area contributed by atoms with Crippen molar-refractivity contribution >= 4 is 0 Å². The van der Waals surface area contributed by atoms with E-state index in [1.165, 1.54) is 0 Å². The summed E-state index contributed by atoms with van der Waals surface area (Å²) in [4.78, 5) is 0. The Bertz CT molecular complexity index is 363. The number of ether oxygens (including phenoxy) is 2. The maximum absolute atomic E-state index is 8.63. The molecule has 1 N–H and O–H groups in total. The van der Waals surface area contributed by atoms with Gasteiger partial charge in [0.15, 0.2) is 0 Å². The summed E-state index contributed by atoms with van der Waals surface area (Å²) in [7, 11) is 0. The van der Waals surface area contributed by atoms with E-state index in [1.54, 1.807) is 0 Å². The Hall–Kier alpha value is -1.50. The van der Waals surface area contributed by atoms with Gasteiger partial charge in [0.1, 0.15) is 19.0 Å². The predicted octanol–water partition coefficient (Wildman–Crippen LogP) is 1.45. The number of hydrogen-bond donors (Lipinski definition) is 1. The summed E-state index contributed by atoms with van der Waals surface area (Å²) in [6, 6.07) is 7.49. The molecule has 3 heteroatoms. The van der Waals surface area contributed by atoms with Gasteiger partial charge >= 0.3 is 0 Å². The SMILES string of the molecule is CCOCCOc1ccccc1C#CCO. The van der Waals surface area contributed by atoms with Crippen LogP contribution in [-0.4, -0.2) is 31.5 Å². The van der Waals surface area contributed by atoms with Gasteiger partial charge in [-0.1, -0.05) is 24.0 Å². The molecule has 0 amide bonds. The monoisotopic (exact) mass is 220 g/mol. The summed E-state index contributed by atoms with van der Waals surface area (Å²) >= 11 is 0. The van der Waals surface area contributed by atoms with Crippen molar-refractivity contribution in [3.8, 4) is 17.6 Å². The van der Waals surface area contributed by atoms with Crippen molar-refractivity contribution in [2.24, 2.45) is 0 Å². The van der Waals surface area contributed by atoms with Crippen LogP contribution in [0.1, 0.15) is 12.5 Å². The standard InChI is InChI=1S/C13H16O3/c1-2-15-10-11-16-13-8-4-3-6-12(13)7-5-9-14/h3-4,6,8,14H,2,9-11H2,1H3. The van der Waals surface area contributed by atoms with Gasteiger partial charge in [-0.05, 0) is 19.1 Å². The maximum atomic E-state index is 8.63. The third kappa shape index (κ3) is 4.35. The summed E-state index contributed by atoms with van der Waals surface area (Å²) in [5.74, 6) is 6.16. The molecule has 0 aliphatic rings. The van der Waals surface area contributed by atoms with Gasteiger partial charge in [-0.3, -0.25) is 0 Å². The fourth-order valence-electron chi connectivity index (χ4n) is 1.19. The molecule has 0 radical (unpaired) electrons. The Morgan fingerprint density at radius 3 is 2.81 bits per heavy atom. The highest BCUT2D eigenvalue weighted by molar-refractivity contribution is 5.45. The Morgan fingerprint density at radius 1 is 1.25 bits per heavy atom. The summed E-state index contributed by atoms with van der Waals surface area (Å²) in [5, 5.41) is 8.63. The molecule has 86 valence electrons. The number of aliphatic hydroxyl groups excluding tert-OH is 1. The first-order valence-electron chi connectivity index (χ1n) is 5.27. The summed E-state index contributed by atoms with van der Waals surface area (Å²) in [5.41, 5.74) is 0.785. The smallest absolute Gasteiger partial charge is 0.135 e. The van der Waals surface area contributed by atoms with Crippen LogP contribution in [0.3, 0.4) is 0 Å². The average molecular weight is 220 g/mol. The lowest BCUT2D eigenvalue weighted by Crippen LogP contribution is -2.07. The number of hydrogen-bond acceptors (Lipinski definition) is 3. The highest BCUT2D eigenvalue weighted by Crippen LogP contribution is 2.16. The first kappa shape index (κ1) is 12.6. The quantitative estimate of drug-likeness (QED) is 0.603. The van der Waals surface area contributed by atoms with Gasteiger partial charge in [-0.25, -0.2) is 0 Å². The number of para-hydroxylation sites is 1. The van der Waals surface area contributed by atoms with E-state index in [9.17, 15) is 0 Å². The molecule has 16 heavy (non-hydrogen) atoms. The van der Waals surface area contributed by atoms with E-state index >= 15 is 0 Å².